The molecule has 0 saturated carbocycles. The molecule has 0 spiro atoms. The summed E-state index contributed by atoms with van der Waals surface area (Å²) in [7, 11) is 0. The number of rotatable bonds is 1. The van der Waals surface area contributed by atoms with Crippen LogP contribution in [0.15, 0.2) is 18.2 Å². The first kappa shape index (κ1) is 15.0. The predicted octanol–water partition coefficient (Wildman–Crippen LogP) is 3.11. The maximum absolute atomic E-state index is 12.8. The largest absolute Gasteiger partial charge is 0.493 e. The minimum absolute atomic E-state index is 0.0268. The lowest BCUT2D eigenvalue weighted by Crippen LogP contribution is -2.43. The number of hydrogen-bond acceptors (Lipinski definition) is 2. The smallest absolute Gasteiger partial charge is 0.416 e. The summed E-state index contributed by atoms with van der Waals surface area (Å²) in [4.78, 5) is 13.1. The van der Waals surface area contributed by atoms with Crippen LogP contribution in [0.3, 0.4) is 0 Å². The molecular formula is C15H17F3N2O2. The van der Waals surface area contributed by atoms with E-state index in [0.29, 0.717) is 19.6 Å². The number of benzene rings is 1. The first-order valence-corrected chi connectivity index (χ1v) is 7.28. The molecule has 3 rings (SSSR count). The number of hydrogen-bond donors (Lipinski definition) is 1. The second kappa shape index (κ2) is 5.37. The van der Waals surface area contributed by atoms with Gasteiger partial charge in [-0.1, -0.05) is 6.07 Å². The molecule has 2 aliphatic heterocycles. The van der Waals surface area contributed by atoms with Gasteiger partial charge in [0.2, 0.25) is 0 Å². The van der Waals surface area contributed by atoms with Crippen LogP contribution in [0.5, 0.6) is 5.75 Å². The van der Waals surface area contributed by atoms with Gasteiger partial charge in [-0.2, -0.15) is 13.2 Å². The molecule has 2 amide bonds. The monoisotopic (exact) mass is 314 g/mol. The maximum Gasteiger partial charge on any atom is 0.416 e. The number of ether oxygens (including phenoxy) is 1. The number of nitrogens with two attached hydrogens (primary N) is 1. The fraction of sp³-hybridized carbons (Fsp3) is 0.533. The fourth-order valence-electron chi connectivity index (χ4n) is 3.48. The quantitative estimate of drug-likeness (QED) is 0.866. The minimum atomic E-state index is -4.39. The summed E-state index contributed by atoms with van der Waals surface area (Å²) < 4.78 is 43.8. The third-order valence-electron chi connectivity index (χ3n) is 4.47. The summed E-state index contributed by atoms with van der Waals surface area (Å²) in [5, 5.41) is 0. The molecule has 1 saturated heterocycles. The second-order valence-corrected chi connectivity index (χ2v) is 5.74. The summed E-state index contributed by atoms with van der Waals surface area (Å²) >= 11 is 0. The van der Waals surface area contributed by atoms with E-state index >= 15 is 0 Å². The molecule has 0 aliphatic carbocycles. The number of alkyl halides is 3. The normalized spacial score (nSPS) is 24.8. The molecule has 2 heterocycles. The van der Waals surface area contributed by atoms with E-state index in [-0.39, 0.29) is 17.7 Å². The van der Waals surface area contributed by atoms with Crippen LogP contribution in [-0.4, -0.2) is 30.1 Å². The Bertz CT molecular complexity index is 589. The van der Waals surface area contributed by atoms with Gasteiger partial charge in [-0.25, -0.2) is 4.79 Å². The molecule has 2 N–H and O–H groups in total. The molecule has 4 nitrogen and oxygen atoms in total. The molecule has 120 valence electrons. The average molecular weight is 314 g/mol. The van der Waals surface area contributed by atoms with Gasteiger partial charge in [0.15, 0.2) is 0 Å². The van der Waals surface area contributed by atoms with E-state index in [4.69, 9.17) is 10.5 Å². The molecule has 0 bridgehead atoms. The zero-order valence-corrected chi connectivity index (χ0v) is 11.9. The van der Waals surface area contributed by atoms with Crippen LogP contribution in [0.4, 0.5) is 18.0 Å². The van der Waals surface area contributed by atoms with Crippen LogP contribution in [-0.2, 0) is 6.18 Å². The molecule has 0 aromatic heterocycles. The van der Waals surface area contributed by atoms with Gasteiger partial charge in [0.05, 0.1) is 12.2 Å². The fourth-order valence-corrected chi connectivity index (χ4v) is 3.48. The van der Waals surface area contributed by atoms with Gasteiger partial charge in [0, 0.05) is 18.5 Å². The van der Waals surface area contributed by atoms with Gasteiger partial charge in [0.25, 0.3) is 0 Å². The van der Waals surface area contributed by atoms with Crippen molar-refractivity contribution in [1.82, 2.24) is 4.90 Å². The Labute approximate surface area is 126 Å². The van der Waals surface area contributed by atoms with E-state index < -0.39 is 17.8 Å². The number of nitrogens with zero attached hydrogens (tertiary/aromatic N) is 1. The van der Waals surface area contributed by atoms with Crippen LogP contribution in [0.2, 0.25) is 0 Å². The van der Waals surface area contributed by atoms with E-state index in [1.165, 1.54) is 6.07 Å². The van der Waals surface area contributed by atoms with E-state index in [1.807, 2.05) is 0 Å². The first-order chi connectivity index (χ1) is 10.4. The van der Waals surface area contributed by atoms with E-state index in [9.17, 15) is 18.0 Å². The number of fused-ring (bicyclic) bond motifs is 1. The van der Waals surface area contributed by atoms with Gasteiger partial charge in [-0.15, -0.1) is 0 Å². The van der Waals surface area contributed by atoms with Crippen molar-refractivity contribution in [2.45, 2.75) is 37.4 Å². The van der Waals surface area contributed by atoms with Gasteiger partial charge >= 0.3 is 12.2 Å². The number of carbonyl (C=O) groups is 1. The van der Waals surface area contributed by atoms with Crippen molar-refractivity contribution in [3.05, 3.63) is 29.3 Å². The molecule has 1 aromatic carbocycles. The summed E-state index contributed by atoms with van der Waals surface area (Å²) in [6, 6.07) is 3.06. The molecule has 2 atom stereocenters. The lowest BCUT2D eigenvalue weighted by Gasteiger charge is -2.35. The zero-order valence-electron chi connectivity index (χ0n) is 11.9. The van der Waals surface area contributed by atoms with Gasteiger partial charge < -0.3 is 15.4 Å². The van der Waals surface area contributed by atoms with Crippen molar-refractivity contribution in [2.75, 3.05) is 13.2 Å². The standard InChI is InChI=1S/C15H17F3N2O2/c16-15(17,18)9-3-4-11-10(5-7-22-13(11)8-9)12-2-1-6-20(12)14(19)21/h3-4,8,10,12H,1-2,5-7H2,(H2,19,21)/t10-,12?/m0/s1. The molecule has 1 aromatic rings. The summed E-state index contributed by atoms with van der Waals surface area (Å²) in [5.74, 6) is 0.239. The van der Waals surface area contributed by atoms with Crippen molar-refractivity contribution in [3.63, 3.8) is 0 Å². The Hall–Kier alpha value is -1.92. The molecule has 2 aliphatic rings. The first-order valence-electron chi connectivity index (χ1n) is 7.28. The van der Waals surface area contributed by atoms with Crippen molar-refractivity contribution >= 4 is 6.03 Å². The third kappa shape index (κ3) is 2.60. The summed E-state index contributed by atoms with van der Waals surface area (Å²) in [6.45, 7) is 0.954. The number of halogens is 3. The Morgan fingerprint density at radius 1 is 1.32 bits per heavy atom. The van der Waals surface area contributed by atoms with Crippen LogP contribution >= 0.6 is 0 Å². The maximum atomic E-state index is 12.8. The Morgan fingerprint density at radius 2 is 2.09 bits per heavy atom. The highest BCUT2D eigenvalue weighted by Crippen LogP contribution is 2.43. The van der Waals surface area contributed by atoms with Gasteiger partial charge in [0.1, 0.15) is 5.75 Å². The molecule has 1 fully saturated rings. The molecule has 1 unspecified atom stereocenters. The molecule has 22 heavy (non-hydrogen) atoms. The van der Waals surface area contributed by atoms with Crippen LogP contribution in [0, 0.1) is 0 Å². The zero-order chi connectivity index (χ0) is 15.9. The van der Waals surface area contributed by atoms with Crippen LogP contribution in [0.25, 0.3) is 0 Å². The van der Waals surface area contributed by atoms with Crippen molar-refractivity contribution in [1.29, 1.82) is 0 Å². The number of primary amides is 1. The predicted molar refractivity (Wildman–Crippen MR) is 73.6 cm³/mol. The highest BCUT2D eigenvalue weighted by atomic mass is 19.4. The van der Waals surface area contributed by atoms with E-state index in [0.717, 1.165) is 30.5 Å². The topological polar surface area (TPSA) is 55.6 Å². The summed E-state index contributed by atoms with van der Waals surface area (Å²) in [5.41, 5.74) is 5.42. The number of amides is 2. The molecular weight excluding hydrogens is 297 g/mol. The minimum Gasteiger partial charge on any atom is -0.493 e. The number of likely N-dealkylation sites (tertiary alicyclic amines) is 1. The van der Waals surface area contributed by atoms with Gasteiger partial charge in [-0.05, 0) is 37.0 Å². The Morgan fingerprint density at radius 3 is 2.77 bits per heavy atom. The molecule has 7 heteroatoms. The van der Waals surface area contributed by atoms with Crippen LogP contribution in [0.1, 0.15) is 36.3 Å². The lowest BCUT2D eigenvalue weighted by molar-refractivity contribution is -0.137. The van der Waals surface area contributed by atoms with Gasteiger partial charge in [-0.3, -0.25) is 0 Å². The number of urea groups is 1. The van der Waals surface area contributed by atoms with E-state index in [1.54, 1.807) is 4.90 Å². The highest BCUT2D eigenvalue weighted by Gasteiger charge is 2.38. The number of carbonyl (C=O) groups excluding carboxylic acids is 1. The average Bonchev–Trinajstić information content (AvgIpc) is 2.94. The van der Waals surface area contributed by atoms with Crippen LogP contribution < -0.4 is 10.5 Å². The molecule has 0 radical (unpaired) electrons. The summed E-state index contributed by atoms with van der Waals surface area (Å²) in [6.07, 6.45) is -2.04. The Kier molecular flexibility index (Phi) is 3.66. The third-order valence-corrected chi connectivity index (χ3v) is 4.47. The van der Waals surface area contributed by atoms with Crippen molar-refractivity contribution in [3.8, 4) is 5.75 Å². The van der Waals surface area contributed by atoms with Crippen molar-refractivity contribution < 1.29 is 22.7 Å². The van der Waals surface area contributed by atoms with E-state index in [2.05, 4.69) is 0 Å². The highest BCUT2D eigenvalue weighted by molar-refractivity contribution is 5.73. The lowest BCUT2D eigenvalue weighted by atomic mass is 9.85. The SMILES string of the molecule is NC(=O)N1CCCC1[C@H]1CCOc2cc(C(F)(F)F)ccc21. The second-order valence-electron chi connectivity index (χ2n) is 5.74. The van der Waals surface area contributed by atoms with Crippen molar-refractivity contribution in [2.24, 2.45) is 5.73 Å². The Balaban J connectivity index is 1.93.